The third-order valence-corrected chi connectivity index (χ3v) is 10.4. The topological polar surface area (TPSA) is 0 Å². The molecule has 0 heteroatoms. The van der Waals surface area contributed by atoms with Crippen molar-refractivity contribution in [3.8, 4) is 33.4 Å². The summed E-state index contributed by atoms with van der Waals surface area (Å²) in [6.07, 6.45) is 0. The van der Waals surface area contributed by atoms with Crippen LogP contribution in [0.4, 0.5) is 0 Å². The molecule has 0 fully saturated rings. The van der Waals surface area contributed by atoms with Gasteiger partial charge in [-0.1, -0.05) is 125 Å². The minimum Gasteiger partial charge on any atom is -0.0619 e. The number of fused-ring (bicyclic) bond motifs is 10. The van der Waals surface area contributed by atoms with Crippen molar-refractivity contribution in [2.24, 2.45) is 0 Å². The van der Waals surface area contributed by atoms with Crippen molar-refractivity contribution in [1.82, 2.24) is 0 Å². The molecule has 0 atom stereocenters. The van der Waals surface area contributed by atoms with Gasteiger partial charge in [0.15, 0.2) is 0 Å². The monoisotopic (exact) mass is 536 g/mol. The van der Waals surface area contributed by atoms with Gasteiger partial charge >= 0.3 is 0 Å². The van der Waals surface area contributed by atoms with E-state index < -0.39 is 0 Å². The molecule has 0 amide bonds. The smallest absolute Gasteiger partial charge is 0.0159 e. The first-order valence-corrected chi connectivity index (χ1v) is 15.1. The SMILES string of the molecule is CC1(C)c2ccccc2-c2cc3c(cc21)-c1ccc(-c2c4ccccc4cc4ccc5ccccc5c24)cc1C3(C)C. The molecular weight excluding hydrogens is 504 g/mol. The molecule has 7 aromatic rings. The predicted molar refractivity (Wildman–Crippen MR) is 180 cm³/mol. The molecule has 0 N–H and O–H groups in total. The number of rotatable bonds is 1. The lowest BCUT2D eigenvalue weighted by Gasteiger charge is -2.24. The second-order valence-electron chi connectivity index (χ2n) is 13.4. The lowest BCUT2D eigenvalue weighted by Crippen LogP contribution is -2.17. The van der Waals surface area contributed by atoms with E-state index in [1.165, 1.54) is 88.0 Å². The molecule has 0 radical (unpaired) electrons. The van der Waals surface area contributed by atoms with Crippen LogP contribution in [0, 0.1) is 0 Å². The fourth-order valence-electron chi connectivity index (χ4n) is 8.22. The van der Waals surface area contributed by atoms with E-state index in [9.17, 15) is 0 Å². The van der Waals surface area contributed by atoms with Crippen molar-refractivity contribution in [2.45, 2.75) is 38.5 Å². The van der Waals surface area contributed by atoms with Crippen LogP contribution in [-0.2, 0) is 10.8 Å². The van der Waals surface area contributed by atoms with E-state index in [2.05, 4.69) is 149 Å². The highest BCUT2D eigenvalue weighted by atomic mass is 14.4. The summed E-state index contributed by atoms with van der Waals surface area (Å²) in [5, 5.41) is 7.84. The van der Waals surface area contributed by atoms with Crippen LogP contribution in [0.3, 0.4) is 0 Å². The molecule has 42 heavy (non-hydrogen) atoms. The Kier molecular flexibility index (Phi) is 4.56. The largest absolute Gasteiger partial charge is 0.0619 e. The highest BCUT2D eigenvalue weighted by Crippen LogP contribution is 2.56. The van der Waals surface area contributed by atoms with E-state index in [1.807, 2.05) is 0 Å². The molecule has 0 heterocycles. The molecule has 0 spiro atoms. The molecule has 0 nitrogen and oxygen atoms in total. The van der Waals surface area contributed by atoms with E-state index in [4.69, 9.17) is 0 Å². The maximum absolute atomic E-state index is 2.51. The maximum Gasteiger partial charge on any atom is 0.0159 e. The summed E-state index contributed by atoms with van der Waals surface area (Å²) >= 11 is 0. The number of benzene rings is 7. The Bertz CT molecular complexity index is 2290. The quantitative estimate of drug-likeness (QED) is 0.145. The van der Waals surface area contributed by atoms with Crippen LogP contribution in [0.1, 0.15) is 49.9 Å². The molecule has 0 saturated carbocycles. The fourth-order valence-corrected chi connectivity index (χ4v) is 8.22. The number of hydrogen-bond donors (Lipinski definition) is 0. The Balaban J connectivity index is 1.32. The van der Waals surface area contributed by atoms with Crippen molar-refractivity contribution in [1.29, 1.82) is 0 Å². The van der Waals surface area contributed by atoms with Crippen molar-refractivity contribution >= 4 is 32.3 Å². The number of hydrogen-bond acceptors (Lipinski definition) is 0. The van der Waals surface area contributed by atoms with Crippen LogP contribution in [0.5, 0.6) is 0 Å². The molecule has 7 aromatic carbocycles. The molecule has 2 aliphatic carbocycles. The average molecular weight is 537 g/mol. The van der Waals surface area contributed by atoms with E-state index >= 15 is 0 Å². The Labute approximate surface area is 247 Å². The summed E-state index contributed by atoms with van der Waals surface area (Å²) < 4.78 is 0. The van der Waals surface area contributed by atoms with Crippen LogP contribution >= 0.6 is 0 Å². The lowest BCUT2D eigenvalue weighted by molar-refractivity contribution is 0.652. The third-order valence-electron chi connectivity index (χ3n) is 10.4. The Morgan fingerprint density at radius 1 is 0.381 bits per heavy atom. The van der Waals surface area contributed by atoms with Gasteiger partial charge in [0.1, 0.15) is 0 Å². The van der Waals surface area contributed by atoms with Gasteiger partial charge in [-0.15, -0.1) is 0 Å². The first-order valence-electron chi connectivity index (χ1n) is 15.1. The molecule has 0 aromatic heterocycles. The summed E-state index contributed by atoms with van der Waals surface area (Å²) in [6, 6.07) is 45.9. The van der Waals surface area contributed by atoms with Crippen LogP contribution in [0.25, 0.3) is 65.7 Å². The van der Waals surface area contributed by atoms with Crippen LogP contribution < -0.4 is 0 Å². The molecule has 0 aliphatic heterocycles. The maximum atomic E-state index is 2.51. The summed E-state index contributed by atoms with van der Waals surface area (Å²) in [5.74, 6) is 0. The molecule has 9 rings (SSSR count). The fraction of sp³-hybridized carbons (Fsp3) is 0.143. The van der Waals surface area contributed by atoms with E-state index in [1.54, 1.807) is 0 Å². The Morgan fingerprint density at radius 2 is 0.952 bits per heavy atom. The summed E-state index contributed by atoms with van der Waals surface area (Å²) in [5.41, 5.74) is 13.9. The highest BCUT2D eigenvalue weighted by molar-refractivity contribution is 6.22. The molecule has 2 aliphatic rings. The molecule has 0 saturated heterocycles. The molecule has 200 valence electrons. The minimum atomic E-state index is -0.0974. The predicted octanol–water partition coefficient (Wildman–Crippen LogP) is 11.4. The summed E-state index contributed by atoms with van der Waals surface area (Å²) in [6.45, 7) is 9.58. The van der Waals surface area contributed by atoms with Gasteiger partial charge in [-0.3, -0.25) is 0 Å². The zero-order chi connectivity index (χ0) is 28.4. The van der Waals surface area contributed by atoms with Crippen molar-refractivity contribution in [2.75, 3.05) is 0 Å². The molecule has 0 unspecified atom stereocenters. The van der Waals surface area contributed by atoms with Crippen LogP contribution in [-0.4, -0.2) is 0 Å². The Morgan fingerprint density at radius 3 is 1.74 bits per heavy atom. The van der Waals surface area contributed by atoms with Crippen LogP contribution in [0.15, 0.2) is 121 Å². The second-order valence-corrected chi connectivity index (χ2v) is 13.4. The van der Waals surface area contributed by atoms with Gasteiger partial charge in [-0.05, 0) is 112 Å². The first kappa shape index (κ1) is 24.0. The van der Waals surface area contributed by atoms with Gasteiger partial charge in [0.2, 0.25) is 0 Å². The zero-order valence-corrected chi connectivity index (χ0v) is 24.5. The third kappa shape index (κ3) is 2.97. The highest BCUT2D eigenvalue weighted by Gasteiger charge is 2.41. The summed E-state index contributed by atoms with van der Waals surface area (Å²) in [4.78, 5) is 0. The normalized spacial score (nSPS) is 15.5. The van der Waals surface area contributed by atoms with E-state index in [0.29, 0.717) is 0 Å². The van der Waals surface area contributed by atoms with Gasteiger partial charge in [0, 0.05) is 10.8 Å². The average Bonchev–Trinajstić information content (AvgIpc) is 3.38. The minimum absolute atomic E-state index is 0.00325. The van der Waals surface area contributed by atoms with Crippen molar-refractivity contribution in [3.63, 3.8) is 0 Å². The van der Waals surface area contributed by atoms with Gasteiger partial charge in [0.25, 0.3) is 0 Å². The van der Waals surface area contributed by atoms with Crippen LogP contribution in [0.2, 0.25) is 0 Å². The lowest BCUT2D eigenvalue weighted by atomic mass is 9.79. The summed E-state index contributed by atoms with van der Waals surface area (Å²) in [7, 11) is 0. The van der Waals surface area contributed by atoms with Gasteiger partial charge < -0.3 is 0 Å². The zero-order valence-electron chi connectivity index (χ0n) is 24.5. The van der Waals surface area contributed by atoms with Gasteiger partial charge in [0.05, 0.1) is 0 Å². The van der Waals surface area contributed by atoms with Gasteiger partial charge in [-0.2, -0.15) is 0 Å². The van der Waals surface area contributed by atoms with Crippen molar-refractivity contribution in [3.05, 3.63) is 144 Å². The standard InChI is InChI=1S/C42H32/c1-41(2)35-16-10-9-15-31(35)33-23-38-34(24-37(33)41)32-20-19-28(22-36(32)42(38,3)4)40-30-14-8-6-12-26(30)21-27-18-17-25-11-5-7-13-29(25)39(27)40/h5-24H,1-4H3. The van der Waals surface area contributed by atoms with Crippen molar-refractivity contribution < 1.29 is 0 Å². The second kappa shape index (κ2) is 7.99. The van der Waals surface area contributed by atoms with E-state index in [0.717, 1.165) is 0 Å². The van der Waals surface area contributed by atoms with E-state index in [-0.39, 0.29) is 10.8 Å². The molecule has 0 bridgehead atoms. The molecular formula is C42H32. The first-order chi connectivity index (χ1) is 20.3. The van der Waals surface area contributed by atoms with Gasteiger partial charge in [-0.25, -0.2) is 0 Å². The Hall–Kier alpha value is -4.68.